The fraction of sp³-hybridized carbons (Fsp3) is 0.222. The van der Waals surface area contributed by atoms with E-state index >= 15 is 0 Å². The molecule has 0 amide bonds. The van der Waals surface area contributed by atoms with E-state index in [-0.39, 0.29) is 0 Å². The van der Waals surface area contributed by atoms with Crippen LogP contribution in [0.25, 0.3) is 11.0 Å². The third-order valence-corrected chi connectivity index (χ3v) is 1.94. The molecule has 0 bridgehead atoms. The molecule has 0 aliphatic carbocycles. The summed E-state index contributed by atoms with van der Waals surface area (Å²) in [6, 6.07) is 2.01. The van der Waals surface area contributed by atoms with Gasteiger partial charge in [0, 0.05) is 12.1 Å². The van der Waals surface area contributed by atoms with Gasteiger partial charge in [-0.3, -0.25) is 0 Å². The van der Waals surface area contributed by atoms with Crippen LogP contribution in [0.5, 0.6) is 0 Å². The van der Waals surface area contributed by atoms with Gasteiger partial charge >= 0.3 is 0 Å². The first-order valence-corrected chi connectivity index (χ1v) is 4.10. The second-order valence-corrected chi connectivity index (χ2v) is 3.08. The Balaban J connectivity index is 2.66. The van der Waals surface area contributed by atoms with Crippen molar-refractivity contribution in [1.29, 1.82) is 0 Å². The number of fused-ring (bicyclic) bond motifs is 1. The highest BCUT2D eigenvalue weighted by Gasteiger charge is 2.10. The lowest BCUT2D eigenvalue weighted by molar-refractivity contribution is 0.190. The number of aromatic nitrogens is 2. The molecule has 1 heterocycles. The number of aromatic amines is 1. The predicted molar refractivity (Wildman–Crippen MR) is 46.6 cm³/mol. The maximum absolute atomic E-state index is 12.8. The van der Waals surface area contributed by atoms with Crippen LogP contribution < -0.4 is 0 Å². The van der Waals surface area contributed by atoms with Gasteiger partial charge in [0.05, 0.1) is 11.0 Å². The number of aliphatic hydroxyl groups excluding tert-OH is 1. The van der Waals surface area contributed by atoms with Crippen LogP contribution in [0.2, 0.25) is 0 Å². The molecule has 1 aromatic heterocycles. The molecular formula is C9H8F2N2O. The molecular weight excluding hydrogens is 190 g/mol. The van der Waals surface area contributed by atoms with Gasteiger partial charge in [0.25, 0.3) is 0 Å². The zero-order valence-electron chi connectivity index (χ0n) is 7.38. The summed E-state index contributed by atoms with van der Waals surface area (Å²) in [6.07, 6.45) is -0.784. The minimum absolute atomic E-state index is 0.296. The Hall–Kier alpha value is -1.49. The van der Waals surface area contributed by atoms with Crippen molar-refractivity contribution in [1.82, 2.24) is 9.97 Å². The largest absolute Gasteiger partial charge is 0.385 e. The third-order valence-electron chi connectivity index (χ3n) is 1.94. The van der Waals surface area contributed by atoms with Gasteiger partial charge in [-0.05, 0) is 6.92 Å². The van der Waals surface area contributed by atoms with Gasteiger partial charge in [0.2, 0.25) is 0 Å². The number of hydrogen-bond acceptors (Lipinski definition) is 2. The Morgan fingerprint density at radius 2 is 2.00 bits per heavy atom. The summed E-state index contributed by atoms with van der Waals surface area (Å²) in [7, 11) is 0. The van der Waals surface area contributed by atoms with E-state index in [2.05, 4.69) is 9.97 Å². The maximum atomic E-state index is 12.8. The van der Waals surface area contributed by atoms with E-state index < -0.39 is 17.7 Å². The third kappa shape index (κ3) is 1.35. The average Bonchev–Trinajstić information content (AvgIpc) is 2.48. The minimum atomic E-state index is -0.943. The van der Waals surface area contributed by atoms with Gasteiger partial charge in [-0.15, -0.1) is 0 Å². The Labute approximate surface area is 78.4 Å². The van der Waals surface area contributed by atoms with E-state index in [1.165, 1.54) is 6.92 Å². The average molecular weight is 198 g/mol. The molecule has 0 aliphatic rings. The smallest absolute Gasteiger partial charge is 0.161 e. The second-order valence-electron chi connectivity index (χ2n) is 3.08. The highest BCUT2D eigenvalue weighted by atomic mass is 19.2. The number of halogens is 2. The molecule has 14 heavy (non-hydrogen) atoms. The second kappa shape index (κ2) is 3.02. The van der Waals surface area contributed by atoms with Crippen LogP contribution in [0.3, 0.4) is 0 Å². The Kier molecular flexibility index (Phi) is 1.96. The van der Waals surface area contributed by atoms with Gasteiger partial charge in [-0.1, -0.05) is 0 Å². The van der Waals surface area contributed by atoms with E-state index in [1.807, 2.05) is 0 Å². The Morgan fingerprint density at radius 3 is 2.64 bits per heavy atom. The van der Waals surface area contributed by atoms with Crippen molar-refractivity contribution in [3.63, 3.8) is 0 Å². The van der Waals surface area contributed by atoms with Crippen molar-refractivity contribution < 1.29 is 13.9 Å². The van der Waals surface area contributed by atoms with Crippen LogP contribution in [0.15, 0.2) is 12.1 Å². The number of nitrogens with one attached hydrogen (secondary N) is 1. The van der Waals surface area contributed by atoms with Crippen molar-refractivity contribution in [2.24, 2.45) is 0 Å². The molecule has 0 unspecified atom stereocenters. The minimum Gasteiger partial charge on any atom is -0.385 e. The molecule has 0 radical (unpaired) electrons. The number of hydrogen-bond donors (Lipinski definition) is 2. The van der Waals surface area contributed by atoms with Crippen LogP contribution in [-0.4, -0.2) is 15.1 Å². The molecule has 2 aromatic rings. The van der Waals surface area contributed by atoms with Crippen LogP contribution in [0.4, 0.5) is 8.78 Å². The maximum Gasteiger partial charge on any atom is 0.161 e. The molecule has 0 aliphatic heterocycles. The van der Waals surface area contributed by atoms with E-state index in [4.69, 9.17) is 0 Å². The van der Waals surface area contributed by atoms with Gasteiger partial charge in [0.1, 0.15) is 11.9 Å². The fourth-order valence-electron chi connectivity index (χ4n) is 1.22. The number of rotatable bonds is 1. The summed E-state index contributed by atoms with van der Waals surface area (Å²) in [4.78, 5) is 6.60. The molecule has 1 aromatic carbocycles. The molecule has 0 saturated carbocycles. The zero-order chi connectivity index (χ0) is 10.3. The molecule has 74 valence electrons. The predicted octanol–water partition coefficient (Wildman–Crippen LogP) is 1.89. The highest BCUT2D eigenvalue weighted by molar-refractivity contribution is 5.75. The number of imidazole rings is 1. The number of nitrogens with zero attached hydrogens (tertiary/aromatic N) is 1. The topological polar surface area (TPSA) is 48.9 Å². The number of H-pyrrole nitrogens is 1. The van der Waals surface area contributed by atoms with E-state index in [0.717, 1.165) is 12.1 Å². The van der Waals surface area contributed by atoms with E-state index in [1.54, 1.807) is 0 Å². The Bertz CT molecular complexity index is 440. The lowest BCUT2D eigenvalue weighted by Gasteiger charge is -1.95. The fourth-order valence-corrected chi connectivity index (χ4v) is 1.22. The lowest BCUT2D eigenvalue weighted by Crippen LogP contribution is -1.92. The first-order valence-electron chi connectivity index (χ1n) is 4.10. The summed E-state index contributed by atoms with van der Waals surface area (Å²) in [5.41, 5.74) is 0.680. The molecule has 2 N–H and O–H groups in total. The quantitative estimate of drug-likeness (QED) is 0.735. The van der Waals surface area contributed by atoms with Gasteiger partial charge in [0.15, 0.2) is 11.6 Å². The summed E-state index contributed by atoms with van der Waals surface area (Å²) >= 11 is 0. The van der Waals surface area contributed by atoms with E-state index in [9.17, 15) is 13.9 Å². The summed E-state index contributed by atoms with van der Waals surface area (Å²) in [5, 5.41) is 9.18. The van der Waals surface area contributed by atoms with Crippen molar-refractivity contribution in [2.45, 2.75) is 13.0 Å². The van der Waals surface area contributed by atoms with Gasteiger partial charge < -0.3 is 10.1 Å². The SMILES string of the molecule is C[C@H](O)c1nc2cc(F)c(F)cc2[nH]1. The molecule has 0 spiro atoms. The molecule has 1 atom stereocenters. The molecule has 3 nitrogen and oxygen atoms in total. The standard InChI is InChI=1S/C9H8F2N2O/c1-4(14)9-12-7-2-5(10)6(11)3-8(7)13-9/h2-4,14H,1H3,(H,12,13)/t4-/m0/s1. The van der Waals surface area contributed by atoms with Crippen molar-refractivity contribution in [3.05, 3.63) is 29.6 Å². The molecule has 0 fully saturated rings. The van der Waals surface area contributed by atoms with Crippen molar-refractivity contribution >= 4 is 11.0 Å². The van der Waals surface area contributed by atoms with Gasteiger partial charge in [-0.2, -0.15) is 0 Å². The van der Waals surface area contributed by atoms with Crippen LogP contribution in [0, 0.1) is 11.6 Å². The lowest BCUT2D eigenvalue weighted by atomic mass is 10.3. The monoisotopic (exact) mass is 198 g/mol. The van der Waals surface area contributed by atoms with Gasteiger partial charge in [-0.25, -0.2) is 13.8 Å². The first kappa shape index (κ1) is 9.08. The van der Waals surface area contributed by atoms with E-state index in [0.29, 0.717) is 16.9 Å². The Morgan fingerprint density at radius 1 is 1.36 bits per heavy atom. The summed E-state index contributed by atoms with van der Waals surface area (Å²) in [5.74, 6) is -1.58. The summed E-state index contributed by atoms with van der Waals surface area (Å²) < 4.78 is 25.5. The van der Waals surface area contributed by atoms with Crippen LogP contribution in [-0.2, 0) is 0 Å². The molecule has 0 saturated heterocycles. The number of benzene rings is 1. The molecule has 2 rings (SSSR count). The highest BCUT2D eigenvalue weighted by Crippen LogP contribution is 2.18. The first-order chi connectivity index (χ1) is 6.58. The van der Waals surface area contributed by atoms with Crippen molar-refractivity contribution in [3.8, 4) is 0 Å². The van der Waals surface area contributed by atoms with Crippen LogP contribution in [0.1, 0.15) is 18.9 Å². The van der Waals surface area contributed by atoms with Crippen LogP contribution >= 0.6 is 0 Å². The number of aliphatic hydroxyl groups is 1. The van der Waals surface area contributed by atoms with Crippen molar-refractivity contribution in [2.75, 3.05) is 0 Å². The zero-order valence-corrected chi connectivity index (χ0v) is 7.38. The molecule has 5 heteroatoms. The normalized spacial score (nSPS) is 13.4. The summed E-state index contributed by atoms with van der Waals surface area (Å²) in [6.45, 7) is 1.52.